The van der Waals surface area contributed by atoms with Crippen molar-refractivity contribution >= 4 is 73.9 Å². The molecule has 5 nitrogen and oxygen atoms in total. The van der Waals surface area contributed by atoms with Gasteiger partial charge in [-0.2, -0.15) is 0 Å². The second-order valence-corrected chi connectivity index (χ2v) is 12.3. The van der Waals surface area contributed by atoms with Gasteiger partial charge in [-0.15, -0.1) is 21.5 Å². The van der Waals surface area contributed by atoms with Crippen LogP contribution in [0.25, 0.3) is 15.9 Å². The SMILES string of the molecule is CCCSc1nc2sc3c(c2c2nnc(SCc4ccc(Cl)cc4Cl)n12)C[C@](C)(CC)OC3. The lowest BCUT2D eigenvalue weighted by Crippen LogP contribution is -2.33. The monoisotopic (exact) mass is 538 g/mol. The Morgan fingerprint density at radius 1 is 1.18 bits per heavy atom. The molecular formula is C23H24Cl2N4OS3. The largest absolute Gasteiger partial charge is 0.369 e. The topological polar surface area (TPSA) is 52.3 Å². The van der Waals surface area contributed by atoms with Crippen molar-refractivity contribution in [2.24, 2.45) is 0 Å². The molecule has 0 bridgehead atoms. The standard InChI is InChI=1S/C23H24Cl2N4OS3/c1-4-8-31-21-26-20-18(15-10-23(3,5-2)30-11-17(15)33-20)19-27-28-22(29(19)21)32-12-13-6-7-14(24)9-16(13)25/h6-7,9H,4-5,8,10-12H2,1-3H3/t23-/m0/s1. The van der Waals surface area contributed by atoms with Crippen molar-refractivity contribution in [1.29, 1.82) is 0 Å². The molecule has 174 valence electrons. The van der Waals surface area contributed by atoms with E-state index in [0.29, 0.717) is 22.4 Å². The number of rotatable bonds is 7. The molecule has 1 aromatic carbocycles. The van der Waals surface area contributed by atoms with Gasteiger partial charge >= 0.3 is 0 Å². The molecule has 3 aromatic heterocycles. The van der Waals surface area contributed by atoms with E-state index in [4.69, 9.17) is 32.9 Å². The number of hydrogen-bond acceptors (Lipinski definition) is 7. The van der Waals surface area contributed by atoms with Crippen LogP contribution < -0.4 is 0 Å². The zero-order chi connectivity index (χ0) is 23.2. The Hall–Kier alpha value is -1.03. The highest BCUT2D eigenvalue weighted by atomic mass is 35.5. The van der Waals surface area contributed by atoms with Crippen LogP contribution >= 0.6 is 58.1 Å². The van der Waals surface area contributed by atoms with Gasteiger partial charge < -0.3 is 4.74 Å². The number of fused-ring (bicyclic) bond motifs is 5. The van der Waals surface area contributed by atoms with E-state index in [2.05, 4.69) is 35.4 Å². The van der Waals surface area contributed by atoms with Crippen LogP contribution in [0, 0.1) is 0 Å². The minimum atomic E-state index is -0.156. The Kier molecular flexibility index (Phi) is 6.86. The maximum atomic E-state index is 6.40. The number of thioether (sulfide) groups is 2. The van der Waals surface area contributed by atoms with Gasteiger partial charge in [0.1, 0.15) is 4.83 Å². The molecule has 0 aliphatic carbocycles. The number of halogens is 2. The second kappa shape index (κ2) is 9.55. The number of benzene rings is 1. The fourth-order valence-electron chi connectivity index (χ4n) is 3.91. The van der Waals surface area contributed by atoms with Gasteiger partial charge in [0.15, 0.2) is 16.0 Å². The van der Waals surface area contributed by atoms with E-state index < -0.39 is 0 Å². The van der Waals surface area contributed by atoms with E-state index in [1.807, 2.05) is 12.1 Å². The summed E-state index contributed by atoms with van der Waals surface area (Å²) < 4.78 is 8.33. The molecule has 0 N–H and O–H groups in total. The van der Waals surface area contributed by atoms with Crippen LogP contribution in [0.3, 0.4) is 0 Å². The van der Waals surface area contributed by atoms with Gasteiger partial charge in [-0.1, -0.05) is 66.6 Å². The predicted molar refractivity (Wildman–Crippen MR) is 140 cm³/mol. The molecule has 1 aliphatic rings. The molecule has 33 heavy (non-hydrogen) atoms. The van der Waals surface area contributed by atoms with Gasteiger partial charge in [0.25, 0.3) is 0 Å². The average Bonchev–Trinajstić information content (AvgIpc) is 3.37. The number of hydrogen-bond donors (Lipinski definition) is 0. The molecule has 1 aliphatic heterocycles. The summed E-state index contributed by atoms with van der Waals surface area (Å²) in [5, 5.41) is 13.4. The minimum Gasteiger partial charge on any atom is -0.369 e. The fraction of sp³-hybridized carbons (Fsp3) is 0.435. The maximum absolute atomic E-state index is 6.40. The Morgan fingerprint density at radius 3 is 2.79 bits per heavy atom. The van der Waals surface area contributed by atoms with Crippen molar-refractivity contribution in [2.45, 2.75) is 68.3 Å². The second-order valence-electron chi connectivity index (χ2n) is 8.36. The van der Waals surface area contributed by atoms with E-state index in [9.17, 15) is 0 Å². The maximum Gasteiger partial charge on any atom is 0.198 e. The van der Waals surface area contributed by atoms with Crippen LogP contribution in [0.4, 0.5) is 0 Å². The predicted octanol–water partition coefficient (Wildman–Crippen LogP) is 7.68. The van der Waals surface area contributed by atoms with Gasteiger partial charge in [0.2, 0.25) is 0 Å². The molecule has 0 fully saturated rings. The first-order valence-corrected chi connectivity index (χ1v) is 14.5. The molecule has 0 saturated heterocycles. The van der Waals surface area contributed by atoms with Crippen LogP contribution in [-0.2, 0) is 23.5 Å². The third-order valence-corrected chi connectivity index (χ3v) is 9.78. The highest BCUT2D eigenvalue weighted by molar-refractivity contribution is 7.99. The molecule has 0 amide bonds. The zero-order valence-corrected chi connectivity index (χ0v) is 22.6. The highest BCUT2D eigenvalue weighted by Crippen LogP contribution is 2.42. The lowest BCUT2D eigenvalue weighted by Gasteiger charge is -2.33. The first-order chi connectivity index (χ1) is 15.9. The molecular weight excluding hydrogens is 515 g/mol. The zero-order valence-electron chi connectivity index (χ0n) is 18.7. The lowest BCUT2D eigenvalue weighted by molar-refractivity contribution is -0.0542. The third-order valence-electron chi connectivity index (χ3n) is 5.98. The Balaban J connectivity index is 1.60. The van der Waals surface area contributed by atoms with E-state index in [1.165, 1.54) is 10.4 Å². The van der Waals surface area contributed by atoms with Crippen molar-refractivity contribution < 1.29 is 4.74 Å². The Bertz CT molecular complexity index is 1340. The molecule has 0 saturated carbocycles. The molecule has 1 atom stereocenters. The summed E-state index contributed by atoms with van der Waals surface area (Å²) in [4.78, 5) is 7.37. The number of ether oxygens (including phenoxy) is 1. The fourth-order valence-corrected chi connectivity index (χ4v) is 7.46. The quantitative estimate of drug-likeness (QED) is 0.177. The normalized spacial score (nSPS) is 18.3. The summed E-state index contributed by atoms with van der Waals surface area (Å²) in [6.07, 6.45) is 2.90. The van der Waals surface area contributed by atoms with Gasteiger partial charge in [0.05, 0.1) is 17.6 Å². The van der Waals surface area contributed by atoms with Gasteiger partial charge in [-0.05, 0) is 43.0 Å². The molecule has 4 heterocycles. The summed E-state index contributed by atoms with van der Waals surface area (Å²) in [5.74, 6) is 1.66. The van der Waals surface area contributed by atoms with E-state index in [0.717, 1.165) is 56.8 Å². The van der Waals surface area contributed by atoms with Gasteiger partial charge in [-0.3, -0.25) is 0 Å². The van der Waals surface area contributed by atoms with E-state index in [-0.39, 0.29) is 5.60 Å². The third kappa shape index (κ3) is 4.50. The first kappa shape index (κ1) is 23.7. The summed E-state index contributed by atoms with van der Waals surface area (Å²) in [6, 6.07) is 5.60. The van der Waals surface area contributed by atoms with Crippen LogP contribution in [0.1, 0.15) is 49.6 Å². The van der Waals surface area contributed by atoms with Crippen molar-refractivity contribution in [2.75, 3.05) is 5.75 Å². The molecule has 10 heteroatoms. The lowest BCUT2D eigenvalue weighted by atomic mass is 9.90. The number of nitrogens with zero attached hydrogens (tertiary/aromatic N) is 4. The molecule has 4 aromatic rings. The van der Waals surface area contributed by atoms with Crippen molar-refractivity contribution in [3.05, 3.63) is 44.2 Å². The molecule has 0 radical (unpaired) electrons. The van der Waals surface area contributed by atoms with Crippen molar-refractivity contribution in [1.82, 2.24) is 19.6 Å². The van der Waals surface area contributed by atoms with Crippen LogP contribution in [0.5, 0.6) is 0 Å². The van der Waals surface area contributed by atoms with Crippen molar-refractivity contribution in [3.8, 4) is 0 Å². The van der Waals surface area contributed by atoms with E-state index in [1.54, 1.807) is 40.9 Å². The van der Waals surface area contributed by atoms with E-state index >= 15 is 0 Å². The van der Waals surface area contributed by atoms with Gasteiger partial charge in [-0.25, -0.2) is 9.38 Å². The summed E-state index contributed by atoms with van der Waals surface area (Å²) in [5.41, 5.74) is 3.07. The Morgan fingerprint density at radius 2 is 2.03 bits per heavy atom. The minimum absolute atomic E-state index is 0.156. The molecule has 0 unspecified atom stereocenters. The highest BCUT2D eigenvalue weighted by Gasteiger charge is 2.33. The number of thiophene rings is 1. The summed E-state index contributed by atoms with van der Waals surface area (Å²) in [6.45, 7) is 7.19. The average molecular weight is 540 g/mol. The number of aromatic nitrogens is 4. The van der Waals surface area contributed by atoms with Crippen molar-refractivity contribution in [3.63, 3.8) is 0 Å². The summed E-state index contributed by atoms with van der Waals surface area (Å²) in [7, 11) is 0. The molecule has 5 rings (SSSR count). The van der Waals surface area contributed by atoms with Gasteiger partial charge in [0, 0.05) is 32.8 Å². The first-order valence-electron chi connectivity index (χ1n) is 10.9. The van der Waals surface area contributed by atoms with Crippen LogP contribution in [0.2, 0.25) is 10.0 Å². The summed E-state index contributed by atoms with van der Waals surface area (Å²) >= 11 is 17.6. The molecule has 0 spiro atoms. The van der Waals surface area contributed by atoms with Crippen LogP contribution in [-0.4, -0.2) is 30.9 Å². The Labute approximate surface area is 215 Å². The smallest absolute Gasteiger partial charge is 0.198 e. The van der Waals surface area contributed by atoms with Crippen LogP contribution in [0.15, 0.2) is 28.5 Å².